The normalized spacial score (nSPS) is 11.9. The molecule has 10 heteroatoms. The SMILES string of the molecule is CC(=O)c1cc(C(=O)NOCC(O)CO)c(CNc2ccc(I)cc2F)[nH]1. The van der Waals surface area contributed by atoms with E-state index in [9.17, 15) is 19.1 Å². The third-order valence-corrected chi connectivity index (χ3v) is 4.23. The van der Waals surface area contributed by atoms with Crippen LogP contribution in [0.1, 0.15) is 33.5 Å². The van der Waals surface area contributed by atoms with E-state index in [0.717, 1.165) is 3.57 Å². The molecule has 1 aromatic carbocycles. The number of amides is 1. The number of Topliss-reactive ketones (excluding diaryl/α,β-unsaturated/α-hetero) is 1. The summed E-state index contributed by atoms with van der Waals surface area (Å²) in [5.74, 6) is -1.36. The Balaban J connectivity index is 2.12. The monoisotopic (exact) mass is 491 g/mol. The number of rotatable bonds is 9. The predicted octanol–water partition coefficient (Wildman–Crippen LogP) is 1.59. The van der Waals surface area contributed by atoms with Crippen LogP contribution >= 0.6 is 22.6 Å². The van der Waals surface area contributed by atoms with Gasteiger partial charge in [-0.3, -0.25) is 14.4 Å². The lowest BCUT2D eigenvalue weighted by atomic mass is 10.2. The van der Waals surface area contributed by atoms with Gasteiger partial charge in [0, 0.05) is 16.2 Å². The number of carbonyl (C=O) groups is 2. The fourth-order valence-corrected chi connectivity index (χ4v) is 2.61. The van der Waals surface area contributed by atoms with Crippen molar-refractivity contribution in [3.8, 4) is 0 Å². The van der Waals surface area contributed by atoms with Crippen molar-refractivity contribution in [1.29, 1.82) is 0 Å². The minimum atomic E-state index is -1.13. The van der Waals surface area contributed by atoms with Crippen LogP contribution in [0.25, 0.3) is 0 Å². The van der Waals surface area contributed by atoms with Crippen molar-refractivity contribution in [2.45, 2.75) is 19.6 Å². The zero-order valence-corrected chi connectivity index (χ0v) is 16.5. The fraction of sp³-hybridized carbons (Fsp3) is 0.294. The smallest absolute Gasteiger partial charge is 0.276 e. The van der Waals surface area contributed by atoms with Crippen molar-refractivity contribution < 1.29 is 29.0 Å². The molecule has 1 aromatic heterocycles. The molecule has 1 heterocycles. The quantitative estimate of drug-likeness (QED) is 0.206. The summed E-state index contributed by atoms with van der Waals surface area (Å²) >= 11 is 1.99. The molecule has 5 N–H and O–H groups in total. The largest absolute Gasteiger partial charge is 0.394 e. The van der Waals surface area contributed by atoms with E-state index in [-0.39, 0.29) is 35.9 Å². The highest BCUT2D eigenvalue weighted by Crippen LogP contribution is 2.19. The number of nitrogens with one attached hydrogen (secondary N) is 3. The van der Waals surface area contributed by atoms with Crippen LogP contribution in [-0.2, 0) is 11.4 Å². The Kier molecular flexibility index (Phi) is 7.71. The lowest BCUT2D eigenvalue weighted by Gasteiger charge is -2.10. The van der Waals surface area contributed by atoms with Crippen molar-refractivity contribution in [3.05, 3.63) is 50.6 Å². The number of aromatic amines is 1. The molecular weight excluding hydrogens is 472 g/mol. The fourth-order valence-electron chi connectivity index (χ4n) is 2.16. The first kappa shape index (κ1) is 21.3. The molecular formula is C17H19FIN3O5. The van der Waals surface area contributed by atoms with Crippen LogP contribution in [-0.4, -0.2) is 46.2 Å². The van der Waals surface area contributed by atoms with Crippen molar-refractivity contribution in [2.75, 3.05) is 18.5 Å². The van der Waals surface area contributed by atoms with Crippen LogP contribution in [0.15, 0.2) is 24.3 Å². The van der Waals surface area contributed by atoms with E-state index in [1.54, 1.807) is 12.1 Å². The summed E-state index contributed by atoms with van der Waals surface area (Å²) in [4.78, 5) is 31.5. The van der Waals surface area contributed by atoms with Gasteiger partial charge in [0.15, 0.2) is 5.78 Å². The molecule has 8 nitrogen and oxygen atoms in total. The maximum Gasteiger partial charge on any atom is 0.276 e. The number of aliphatic hydroxyl groups excluding tert-OH is 2. The number of aliphatic hydroxyl groups is 2. The van der Waals surface area contributed by atoms with E-state index in [4.69, 9.17) is 9.94 Å². The third kappa shape index (κ3) is 5.99. The molecule has 1 amide bonds. The van der Waals surface area contributed by atoms with Crippen molar-refractivity contribution in [1.82, 2.24) is 10.5 Å². The number of anilines is 1. The second-order valence-electron chi connectivity index (χ2n) is 5.69. The van der Waals surface area contributed by atoms with Gasteiger partial charge in [-0.25, -0.2) is 9.87 Å². The maximum atomic E-state index is 13.9. The molecule has 0 aliphatic rings. The molecule has 0 aliphatic heterocycles. The Bertz CT molecular complexity index is 827. The van der Waals surface area contributed by atoms with E-state index >= 15 is 0 Å². The number of benzene rings is 1. The molecule has 27 heavy (non-hydrogen) atoms. The molecule has 1 atom stereocenters. The second-order valence-corrected chi connectivity index (χ2v) is 6.93. The minimum Gasteiger partial charge on any atom is -0.394 e. The molecule has 0 saturated heterocycles. The van der Waals surface area contributed by atoms with Gasteiger partial charge in [-0.15, -0.1) is 0 Å². The van der Waals surface area contributed by atoms with Gasteiger partial charge >= 0.3 is 0 Å². The van der Waals surface area contributed by atoms with Gasteiger partial charge in [0.25, 0.3) is 5.91 Å². The summed E-state index contributed by atoms with van der Waals surface area (Å²) < 4.78 is 14.7. The van der Waals surface area contributed by atoms with Gasteiger partial charge < -0.3 is 20.5 Å². The minimum absolute atomic E-state index is 0.0623. The van der Waals surface area contributed by atoms with E-state index in [1.165, 1.54) is 19.1 Å². The number of carbonyl (C=O) groups excluding carboxylic acids is 2. The summed E-state index contributed by atoms with van der Waals surface area (Å²) in [5.41, 5.74) is 3.10. The zero-order chi connectivity index (χ0) is 20.0. The van der Waals surface area contributed by atoms with E-state index in [0.29, 0.717) is 5.69 Å². The maximum absolute atomic E-state index is 13.9. The van der Waals surface area contributed by atoms with Gasteiger partial charge in [0.2, 0.25) is 0 Å². The summed E-state index contributed by atoms with van der Waals surface area (Å²) in [6.07, 6.45) is -1.13. The highest BCUT2D eigenvalue weighted by molar-refractivity contribution is 14.1. The Hall–Kier alpha value is -2.02. The number of hydrogen-bond donors (Lipinski definition) is 5. The number of hydrogen-bond acceptors (Lipinski definition) is 6. The Morgan fingerprint density at radius 2 is 2.11 bits per heavy atom. The lowest BCUT2D eigenvalue weighted by Crippen LogP contribution is -2.30. The molecule has 146 valence electrons. The van der Waals surface area contributed by atoms with Crippen LogP contribution in [0.2, 0.25) is 0 Å². The predicted molar refractivity (Wildman–Crippen MR) is 104 cm³/mol. The lowest BCUT2D eigenvalue weighted by molar-refractivity contribution is -0.0295. The molecule has 0 fully saturated rings. The zero-order valence-electron chi connectivity index (χ0n) is 14.4. The first-order chi connectivity index (χ1) is 12.8. The van der Waals surface area contributed by atoms with E-state index in [2.05, 4.69) is 15.8 Å². The Morgan fingerprint density at radius 1 is 1.37 bits per heavy atom. The molecule has 0 aliphatic carbocycles. The number of hydroxylamine groups is 1. The topological polar surface area (TPSA) is 124 Å². The average molecular weight is 491 g/mol. The van der Waals surface area contributed by atoms with Crippen LogP contribution in [0, 0.1) is 9.39 Å². The first-order valence-electron chi connectivity index (χ1n) is 7.94. The van der Waals surface area contributed by atoms with Gasteiger partial charge in [0.05, 0.1) is 30.1 Å². The third-order valence-electron chi connectivity index (χ3n) is 3.56. The standard InChI is InChI=1S/C17H19FIN3O5/c1-9(24)15-5-12(17(26)22-27-8-11(25)7-23)16(21-15)6-20-14-3-2-10(19)4-13(14)18/h2-5,11,20-21,23,25H,6-8H2,1H3,(H,22,26). The van der Waals surface area contributed by atoms with Crippen LogP contribution in [0.3, 0.4) is 0 Å². The second kappa shape index (κ2) is 9.78. The first-order valence-corrected chi connectivity index (χ1v) is 9.02. The molecule has 1 unspecified atom stereocenters. The summed E-state index contributed by atoms with van der Waals surface area (Å²) in [5, 5.41) is 20.8. The highest BCUT2D eigenvalue weighted by atomic mass is 127. The van der Waals surface area contributed by atoms with E-state index in [1.807, 2.05) is 22.6 Å². The van der Waals surface area contributed by atoms with Gasteiger partial charge in [-0.2, -0.15) is 0 Å². The van der Waals surface area contributed by atoms with Gasteiger partial charge in [-0.05, 0) is 46.9 Å². The number of H-pyrrole nitrogens is 1. The number of aromatic nitrogens is 1. The number of ketones is 1. The summed E-state index contributed by atoms with van der Waals surface area (Å²) in [6, 6.07) is 6.04. The van der Waals surface area contributed by atoms with Crippen molar-refractivity contribution in [3.63, 3.8) is 0 Å². The molecule has 0 radical (unpaired) electrons. The van der Waals surface area contributed by atoms with Crippen LogP contribution in [0.5, 0.6) is 0 Å². The molecule has 0 saturated carbocycles. The molecule has 2 rings (SSSR count). The van der Waals surface area contributed by atoms with Gasteiger partial charge in [0.1, 0.15) is 18.5 Å². The van der Waals surface area contributed by atoms with Crippen molar-refractivity contribution in [2.24, 2.45) is 0 Å². The van der Waals surface area contributed by atoms with Crippen molar-refractivity contribution >= 4 is 40.0 Å². The van der Waals surface area contributed by atoms with Gasteiger partial charge in [-0.1, -0.05) is 0 Å². The highest BCUT2D eigenvalue weighted by Gasteiger charge is 2.18. The molecule has 2 aromatic rings. The summed E-state index contributed by atoms with van der Waals surface area (Å²) in [7, 11) is 0. The molecule has 0 bridgehead atoms. The average Bonchev–Trinajstić information content (AvgIpc) is 3.05. The van der Waals surface area contributed by atoms with Crippen LogP contribution in [0.4, 0.5) is 10.1 Å². The van der Waals surface area contributed by atoms with E-state index < -0.39 is 24.4 Å². The summed E-state index contributed by atoms with van der Waals surface area (Å²) in [6.45, 7) is 0.601. The van der Waals surface area contributed by atoms with Crippen LogP contribution < -0.4 is 10.8 Å². The Labute approximate surface area is 168 Å². The number of halogens is 2. The Morgan fingerprint density at radius 3 is 2.74 bits per heavy atom. The molecule has 0 spiro atoms.